The van der Waals surface area contributed by atoms with Crippen LogP contribution in [0.15, 0.2) is 102 Å². The molecule has 1 saturated heterocycles. The summed E-state index contributed by atoms with van der Waals surface area (Å²) in [5.41, 5.74) is 7.63. The van der Waals surface area contributed by atoms with Crippen molar-refractivity contribution in [2.24, 2.45) is 5.73 Å². The van der Waals surface area contributed by atoms with Gasteiger partial charge in [0.2, 0.25) is 17.7 Å². The van der Waals surface area contributed by atoms with Gasteiger partial charge in [-0.25, -0.2) is 0 Å². The third kappa shape index (κ3) is 9.05. The Balaban J connectivity index is 1.43. The first kappa shape index (κ1) is 36.0. The normalized spacial score (nSPS) is 16.0. The van der Waals surface area contributed by atoms with Crippen molar-refractivity contribution in [3.63, 3.8) is 0 Å². The van der Waals surface area contributed by atoms with Crippen LogP contribution in [-0.4, -0.2) is 77.2 Å². The second-order valence-corrected chi connectivity index (χ2v) is 15.4. The highest BCUT2D eigenvalue weighted by Gasteiger charge is 2.39. The summed E-state index contributed by atoms with van der Waals surface area (Å²) in [5.74, 6) is -0.616. The summed E-state index contributed by atoms with van der Waals surface area (Å²) >= 11 is 1.77. The molecule has 2 heterocycles. The SMILES string of the molecule is CN(C(=O)/C=C/CC(C)(C)N)[C@H](Cc1ccc2ccccc2c1)C(=O)N(C)[C@H](Cc1ccccc1)C(=O)N1CCC(C)(c2cccs2)CC1. The lowest BCUT2D eigenvalue weighted by Gasteiger charge is -2.42. The minimum atomic E-state index is -0.830. The maximum atomic E-state index is 14.7. The molecule has 2 N–H and O–H groups in total. The van der Waals surface area contributed by atoms with E-state index in [0.29, 0.717) is 32.4 Å². The molecule has 2 atom stereocenters. The molecule has 8 heteroatoms. The number of piperidine rings is 1. The predicted octanol–water partition coefficient (Wildman–Crippen LogP) is 6.60. The minimum Gasteiger partial charge on any atom is -0.341 e. The van der Waals surface area contributed by atoms with Crippen LogP contribution in [0.1, 0.15) is 56.0 Å². The molecule has 0 unspecified atom stereocenters. The molecule has 1 fully saturated rings. The third-order valence-corrected chi connectivity index (χ3v) is 11.1. The number of rotatable bonds is 12. The zero-order valence-corrected chi connectivity index (χ0v) is 30.3. The van der Waals surface area contributed by atoms with E-state index in [0.717, 1.165) is 34.7 Å². The van der Waals surface area contributed by atoms with E-state index in [4.69, 9.17) is 5.73 Å². The second-order valence-electron chi connectivity index (χ2n) is 14.5. The molecule has 3 aromatic carbocycles. The predicted molar refractivity (Wildman–Crippen MR) is 200 cm³/mol. The first-order valence-corrected chi connectivity index (χ1v) is 18.1. The Morgan fingerprint density at radius 2 is 1.51 bits per heavy atom. The molecule has 0 bridgehead atoms. The van der Waals surface area contributed by atoms with Gasteiger partial charge in [0.25, 0.3) is 0 Å². The molecule has 1 aliphatic heterocycles. The standard InChI is InChI=1S/C41H50N4O3S/c1-40(2,42)21-11-18-37(46)43(4)34(29-31-19-20-32-15-9-10-16-33(32)27-31)38(47)44(5)35(28-30-13-7-6-8-14-30)39(48)45-24-22-41(3,23-25-45)36-17-12-26-49-36/h6-20,26-27,34-35H,21-25,28-29,42H2,1-5H3/b18-11+/t34-,35-/m1/s1. The number of likely N-dealkylation sites (N-methyl/N-ethyl adjacent to an activating group) is 2. The van der Waals surface area contributed by atoms with Crippen molar-refractivity contribution in [2.75, 3.05) is 27.2 Å². The highest BCUT2D eigenvalue weighted by molar-refractivity contribution is 7.10. The topological polar surface area (TPSA) is 87.0 Å². The van der Waals surface area contributed by atoms with Crippen molar-refractivity contribution in [3.8, 4) is 0 Å². The molecule has 0 aliphatic carbocycles. The van der Waals surface area contributed by atoms with Gasteiger partial charge >= 0.3 is 0 Å². The van der Waals surface area contributed by atoms with Gasteiger partial charge in [-0.2, -0.15) is 0 Å². The Bertz CT molecular complexity index is 1750. The van der Waals surface area contributed by atoms with Gasteiger partial charge in [-0.05, 0) is 72.5 Å². The summed E-state index contributed by atoms with van der Waals surface area (Å²) in [7, 11) is 3.38. The van der Waals surface area contributed by atoms with E-state index >= 15 is 0 Å². The number of hydrogen-bond acceptors (Lipinski definition) is 5. The Labute approximate surface area is 295 Å². The molecule has 0 radical (unpaired) electrons. The number of nitrogens with two attached hydrogens (primary N) is 1. The van der Waals surface area contributed by atoms with Crippen LogP contribution < -0.4 is 5.73 Å². The van der Waals surface area contributed by atoms with Crippen LogP contribution in [0.3, 0.4) is 0 Å². The van der Waals surface area contributed by atoms with E-state index < -0.39 is 17.6 Å². The number of likely N-dealkylation sites (tertiary alicyclic amines) is 1. The Hall–Kier alpha value is -4.27. The summed E-state index contributed by atoms with van der Waals surface area (Å²) in [4.78, 5) is 49.1. The minimum absolute atomic E-state index is 0.0300. The molecule has 1 aromatic heterocycles. The van der Waals surface area contributed by atoms with Crippen molar-refractivity contribution >= 4 is 39.8 Å². The summed E-state index contributed by atoms with van der Waals surface area (Å²) in [6, 6.07) is 26.8. The number of benzene rings is 3. The van der Waals surface area contributed by atoms with Gasteiger partial charge in [0.05, 0.1) is 0 Å². The van der Waals surface area contributed by atoms with Gasteiger partial charge in [-0.1, -0.05) is 91.9 Å². The highest BCUT2D eigenvalue weighted by atomic mass is 32.1. The number of thiophene rings is 1. The molecule has 1 aliphatic rings. The third-order valence-electron chi connectivity index (χ3n) is 9.91. The molecule has 7 nitrogen and oxygen atoms in total. The summed E-state index contributed by atoms with van der Waals surface area (Å²) < 4.78 is 0. The lowest BCUT2D eigenvalue weighted by molar-refractivity contribution is -0.149. The fraction of sp³-hybridized carbons (Fsp3) is 0.390. The average Bonchev–Trinajstić information content (AvgIpc) is 3.65. The number of carbonyl (C=O) groups is 3. The number of fused-ring (bicyclic) bond motifs is 1. The summed E-state index contributed by atoms with van der Waals surface area (Å²) in [6.45, 7) is 7.34. The molecule has 4 aromatic rings. The van der Waals surface area contributed by atoms with Crippen LogP contribution in [0, 0.1) is 0 Å². The van der Waals surface area contributed by atoms with Crippen molar-refractivity contribution in [3.05, 3.63) is 118 Å². The smallest absolute Gasteiger partial charge is 0.246 e. The van der Waals surface area contributed by atoms with Crippen molar-refractivity contribution in [1.82, 2.24) is 14.7 Å². The number of amides is 3. The molecule has 49 heavy (non-hydrogen) atoms. The molecular weight excluding hydrogens is 629 g/mol. The monoisotopic (exact) mass is 678 g/mol. The molecule has 0 saturated carbocycles. The van der Waals surface area contributed by atoms with Crippen LogP contribution in [0.2, 0.25) is 0 Å². The fourth-order valence-corrected chi connectivity index (χ4v) is 7.58. The molecule has 3 amide bonds. The van der Waals surface area contributed by atoms with Crippen molar-refractivity contribution in [1.29, 1.82) is 0 Å². The Morgan fingerprint density at radius 3 is 2.16 bits per heavy atom. The highest BCUT2D eigenvalue weighted by Crippen LogP contribution is 2.38. The zero-order chi connectivity index (χ0) is 35.2. The molecule has 5 rings (SSSR count). The zero-order valence-electron chi connectivity index (χ0n) is 29.5. The van der Waals surface area contributed by atoms with Crippen molar-refractivity contribution in [2.45, 2.75) is 75.9 Å². The Morgan fingerprint density at radius 1 is 0.857 bits per heavy atom. The fourth-order valence-electron chi connectivity index (χ4n) is 6.63. The first-order valence-electron chi connectivity index (χ1n) is 17.2. The van der Waals surface area contributed by atoms with Crippen LogP contribution in [0.4, 0.5) is 0 Å². The van der Waals surface area contributed by atoms with Gasteiger partial charge in [0.15, 0.2) is 0 Å². The van der Waals surface area contributed by atoms with E-state index in [-0.39, 0.29) is 23.1 Å². The summed E-state index contributed by atoms with van der Waals surface area (Å²) in [6.07, 6.45) is 6.20. The lowest BCUT2D eigenvalue weighted by atomic mass is 9.79. The van der Waals surface area contributed by atoms with Gasteiger partial charge in [-0.15, -0.1) is 11.3 Å². The van der Waals surface area contributed by atoms with Crippen molar-refractivity contribution < 1.29 is 14.4 Å². The molecule has 0 spiro atoms. The van der Waals surface area contributed by atoms with E-state index in [2.05, 4.69) is 36.6 Å². The molecule has 258 valence electrons. The van der Waals surface area contributed by atoms with E-state index in [9.17, 15) is 14.4 Å². The van der Waals surface area contributed by atoms with Crippen LogP contribution in [0.25, 0.3) is 10.8 Å². The number of hydrogen-bond donors (Lipinski definition) is 1. The maximum Gasteiger partial charge on any atom is 0.246 e. The largest absolute Gasteiger partial charge is 0.341 e. The van der Waals surface area contributed by atoms with E-state index in [1.165, 1.54) is 15.9 Å². The van der Waals surface area contributed by atoms with Gasteiger partial charge < -0.3 is 20.4 Å². The first-order chi connectivity index (χ1) is 23.3. The maximum absolute atomic E-state index is 14.7. The van der Waals surface area contributed by atoms with Crippen LogP contribution >= 0.6 is 11.3 Å². The van der Waals surface area contributed by atoms with Gasteiger partial charge in [0, 0.05) is 55.9 Å². The second kappa shape index (κ2) is 15.5. The Kier molecular flexibility index (Phi) is 11.4. The van der Waals surface area contributed by atoms with Gasteiger partial charge in [-0.3, -0.25) is 14.4 Å². The van der Waals surface area contributed by atoms with E-state index in [1.807, 2.05) is 79.4 Å². The lowest BCUT2D eigenvalue weighted by Crippen LogP contribution is -2.57. The number of carbonyl (C=O) groups excluding carboxylic acids is 3. The number of nitrogens with zero attached hydrogens (tertiary/aromatic N) is 3. The van der Waals surface area contributed by atoms with Gasteiger partial charge in [0.1, 0.15) is 12.1 Å². The van der Waals surface area contributed by atoms with Crippen LogP contribution in [-0.2, 0) is 32.6 Å². The average molecular weight is 679 g/mol. The van der Waals surface area contributed by atoms with E-state index in [1.54, 1.807) is 36.4 Å². The molecular formula is C41H50N4O3S. The van der Waals surface area contributed by atoms with Crippen LogP contribution in [0.5, 0.6) is 0 Å². The summed E-state index contributed by atoms with van der Waals surface area (Å²) in [5, 5.41) is 4.28. The quantitative estimate of drug-likeness (QED) is 0.171.